The van der Waals surface area contributed by atoms with E-state index in [2.05, 4.69) is 5.48 Å². The fourth-order valence-electron chi connectivity index (χ4n) is 1.68. The Kier molecular flexibility index (Phi) is 3.89. The predicted octanol–water partition coefficient (Wildman–Crippen LogP) is 2.45. The molecule has 0 unspecified atom stereocenters. The number of hydrogen-bond acceptors (Lipinski definition) is 2. The van der Waals surface area contributed by atoms with Crippen LogP contribution in [0.4, 0.5) is 0 Å². The number of nitrogens with one attached hydrogen (secondary N) is 1. The van der Waals surface area contributed by atoms with Crippen molar-refractivity contribution < 1.29 is 9.63 Å². The lowest BCUT2D eigenvalue weighted by Gasteiger charge is -2.16. The van der Waals surface area contributed by atoms with Gasteiger partial charge in [-0.3, -0.25) is 9.63 Å². The van der Waals surface area contributed by atoms with Crippen LogP contribution in [0.15, 0.2) is 60.7 Å². The van der Waals surface area contributed by atoms with Gasteiger partial charge in [-0.05, 0) is 11.1 Å². The molecule has 0 atom stereocenters. The van der Waals surface area contributed by atoms with Gasteiger partial charge in [0.15, 0.2) is 0 Å². The molecule has 86 valence electrons. The second kappa shape index (κ2) is 5.82. The van der Waals surface area contributed by atoms with E-state index in [0.717, 1.165) is 11.1 Å². The van der Waals surface area contributed by atoms with Gasteiger partial charge >= 0.3 is 0 Å². The van der Waals surface area contributed by atoms with Gasteiger partial charge in [-0.15, -0.1) is 0 Å². The summed E-state index contributed by atoms with van der Waals surface area (Å²) in [6.07, 6.45) is 0.237. The first-order chi connectivity index (χ1) is 8.42. The lowest BCUT2D eigenvalue weighted by molar-refractivity contribution is -0.123. The molecular weight excluding hydrogens is 214 g/mol. The molecule has 0 aromatic heterocycles. The first kappa shape index (κ1) is 11.4. The molecule has 3 heteroatoms. The predicted molar refractivity (Wildman–Crippen MR) is 65.0 cm³/mol. The maximum atomic E-state index is 10.3. The molecule has 0 aliphatic rings. The molecule has 2 rings (SSSR count). The molecule has 0 bridgehead atoms. The second-order valence-electron chi connectivity index (χ2n) is 3.55. The minimum absolute atomic E-state index is 0.289. The number of hydrogen-bond donors (Lipinski definition) is 1. The lowest BCUT2D eigenvalue weighted by atomic mass is 10.0. The summed E-state index contributed by atoms with van der Waals surface area (Å²) in [5, 5.41) is 0. The van der Waals surface area contributed by atoms with Gasteiger partial charge in [0.1, 0.15) is 6.10 Å². The summed E-state index contributed by atoms with van der Waals surface area (Å²) < 4.78 is 0. The van der Waals surface area contributed by atoms with Crippen LogP contribution in [0.25, 0.3) is 0 Å². The molecule has 2 aromatic carbocycles. The molecule has 17 heavy (non-hydrogen) atoms. The largest absolute Gasteiger partial charge is 0.277 e. The third-order valence-corrected chi connectivity index (χ3v) is 2.44. The van der Waals surface area contributed by atoms with Crippen molar-refractivity contribution in [2.24, 2.45) is 0 Å². The number of benzene rings is 2. The molecule has 3 nitrogen and oxygen atoms in total. The van der Waals surface area contributed by atoms with Crippen molar-refractivity contribution >= 4 is 6.41 Å². The Hall–Kier alpha value is -2.13. The SMILES string of the molecule is O=CNOC(c1ccccc1)c1ccccc1. The maximum absolute atomic E-state index is 10.3. The van der Waals surface area contributed by atoms with Crippen LogP contribution >= 0.6 is 0 Å². The Balaban J connectivity index is 2.29. The lowest BCUT2D eigenvalue weighted by Crippen LogP contribution is -2.17. The highest BCUT2D eigenvalue weighted by Crippen LogP contribution is 2.24. The second-order valence-corrected chi connectivity index (χ2v) is 3.55. The van der Waals surface area contributed by atoms with Gasteiger partial charge < -0.3 is 0 Å². The highest BCUT2D eigenvalue weighted by molar-refractivity contribution is 5.44. The van der Waals surface area contributed by atoms with Crippen LogP contribution in [0, 0.1) is 0 Å². The Labute approximate surface area is 100.0 Å². The minimum atomic E-state index is -0.289. The summed E-state index contributed by atoms with van der Waals surface area (Å²) in [5.41, 5.74) is 4.25. The van der Waals surface area contributed by atoms with E-state index in [0.29, 0.717) is 6.41 Å². The first-order valence-electron chi connectivity index (χ1n) is 5.36. The van der Waals surface area contributed by atoms with E-state index in [1.807, 2.05) is 60.7 Å². The Morgan fingerprint density at radius 1 is 0.882 bits per heavy atom. The van der Waals surface area contributed by atoms with Crippen LogP contribution in [0.2, 0.25) is 0 Å². The number of carbonyl (C=O) groups excluding carboxylic acids is 1. The summed E-state index contributed by atoms with van der Waals surface area (Å²) in [6, 6.07) is 19.5. The first-order valence-corrected chi connectivity index (χ1v) is 5.36. The quantitative estimate of drug-likeness (QED) is 0.629. The van der Waals surface area contributed by atoms with E-state index >= 15 is 0 Å². The van der Waals surface area contributed by atoms with E-state index in [9.17, 15) is 4.79 Å². The topological polar surface area (TPSA) is 38.3 Å². The van der Waals surface area contributed by atoms with Crippen LogP contribution in [-0.4, -0.2) is 6.41 Å². The normalized spacial score (nSPS) is 10.2. The molecule has 0 saturated heterocycles. The van der Waals surface area contributed by atoms with E-state index in [1.165, 1.54) is 0 Å². The van der Waals surface area contributed by atoms with Gasteiger partial charge in [-0.25, -0.2) is 5.48 Å². The summed E-state index contributed by atoms with van der Waals surface area (Å²) in [4.78, 5) is 15.7. The van der Waals surface area contributed by atoms with E-state index in [-0.39, 0.29) is 6.10 Å². The molecule has 0 heterocycles. The zero-order valence-electron chi connectivity index (χ0n) is 9.24. The van der Waals surface area contributed by atoms with Gasteiger partial charge in [0.25, 0.3) is 0 Å². The number of carbonyl (C=O) groups is 1. The van der Waals surface area contributed by atoms with E-state index in [1.54, 1.807) is 0 Å². The maximum Gasteiger partial charge on any atom is 0.230 e. The van der Waals surface area contributed by atoms with Crippen molar-refractivity contribution in [3.8, 4) is 0 Å². The van der Waals surface area contributed by atoms with Crippen molar-refractivity contribution in [2.75, 3.05) is 0 Å². The molecule has 2 aromatic rings. The smallest absolute Gasteiger partial charge is 0.230 e. The number of rotatable bonds is 5. The standard InChI is InChI=1S/C14H13NO2/c16-11-15-17-14(12-7-3-1-4-8-12)13-9-5-2-6-10-13/h1-11,14H,(H,15,16). The molecule has 0 saturated carbocycles. The molecule has 0 aliphatic carbocycles. The highest BCUT2D eigenvalue weighted by Gasteiger charge is 2.14. The third kappa shape index (κ3) is 2.92. The summed E-state index contributed by atoms with van der Waals surface area (Å²) in [7, 11) is 0. The highest BCUT2D eigenvalue weighted by atomic mass is 16.7. The van der Waals surface area contributed by atoms with Crippen LogP contribution < -0.4 is 5.48 Å². The summed E-state index contributed by atoms with van der Waals surface area (Å²) in [6.45, 7) is 0. The molecule has 0 fully saturated rings. The zero-order chi connectivity index (χ0) is 11.9. The van der Waals surface area contributed by atoms with Gasteiger partial charge in [-0.1, -0.05) is 60.7 Å². The molecule has 1 amide bonds. The van der Waals surface area contributed by atoms with E-state index in [4.69, 9.17) is 4.84 Å². The summed E-state index contributed by atoms with van der Waals surface area (Å²) in [5.74, 6) is 0. The molecular formula is C14H13NO2. The molecule has 0 radical (unpaired) electrons. The zero-order valence-corrected chi connectivity index (χ0v) is 9.24. The summed E-state index contributed by atoms with van der Waals surface area (Å²) >= 11 is 0. The monoisotopic (exact) mass is 227 g/mol. The Bertz CT molecular complexity index is 417. The van der Waals surface area contributed by atoms with Crippen LogP contribution in [0.3, 0.4) is 0 Å². The average molecular weight is 227 g/mol. The molecule has 0 spiro atoms. The van der Waals surface area contributed by atoms with Crippen molar-refractivity contribution in [3.05, 3.63) is 71.8 Å². The minimum Gasteiger partial charge on any atom is -0.277 e. The number of amides is 1. The van der Waals surface area contributed by atoms with Crippen molar-refractivity contribution in [2.45, 2.75) is 6.10 Å². The van der Waals surface area contributed by atoms with Gasteiger partial charge in [0.05, 0.1) is 0 Å². The van der Waals surface area contributed by atoms with Crippen molar-refractivity contribution in [3.63, 3.8) is 0 Å². The van der Waals surface area contributed by atoms with Crippen molar-refractivity contribution in [1.82, 2.24) is 5.48 Å². The number of hydroxylamine groups is 1. The Morgan fingerprint density at radius 3 is 1.76 bits per heavy atom. The molecule has 0 aliphatic heterocycles. The van der Waals surface area contributed by atoms with Gasteiger partial charge in [-0.2, -0.15) is 0 Å². The van der Waals surface area contributed by atoms with Crippen molar-refractivity contribution in [1.29, 1.82) is 0 Å². The fraction of sp³-hybridized carbons (Fsp3) is 0.0714. The van der Waals surface area contributed by atoms with Gasteiger partial charge in [0, 0.05) is 0 Å². The fourth-order valence-corrected chi connectivity index (χ4v) is 1.68. The van der Waals surface area contributed by atoms with Gasteiger partial charge in [0.2, 0.25) is 6.41 Å². The van der Waals surface area contributed by atoms with Crippen LogP contribution in [0.1, 0.15) is 17.2 Å². The van der Waals surface area contributed by atoms with Crippen LogP contribution in [-0.2, 0) is 9.63 Å². The average Bonchev–Trinajstić information content (AvgIpc) is 2.42. The third-order valence-electron chi connectivity index (χ3n) is 2.44. The molecule has 1 N–H and O–H groups in total. The Morgan fingerprint density at radius 2 is 1.35 bits per heavy atom. The van der Waals surface area contributed by atoms with E-state index < -0.39 is 0 Å². The van der Waals surface area contributed by atoms with Crippen LogP contribution in [0.5, 0.6) is 0 Å².